The molecule has 3 rings (SSSR count). The van der Waals surface area contributed by atoms with E-state index in [0.29, 0.717) is 11.4 Å². The second-order valence-electron chi connectivity index (χ2n) is 7.99. The molecule has 0 aliphatic heterocycles. The molecule has 0 unspecified atom stereocenters. The largest absolute Gasteiger partial charge is 0.460 e. The highest BCUT2D eigenvalue weighted by molar-refractivity contribution is 5.87. The molecule has 0 spiro atoms. The summed E-state index contributed by atoms with van der Waals surface area (Å²) < 4.78 is 5.07. The molecule has 1 heterocycles. The van der Waals surface area contributed by atoms with E-state index in [2.05, 4.69) is 46.4 Å². The van der Waals surface area contributed by atoms with Crippen molar-refractivity contribution in [3.8, 4) is 22.5 Å². The van der Waals surface area contributed by atoms with E-state index in [1.807, 2.05) is 30.3 Å². The Morgan fingerprint density at radius 3 is 2.09 bits per heavy atom. The molecule has 0 atom stereocenters. The van der Waals surface area contributed by atoms with Gasteiger partial charge in [0.1, 0.15) is 11.4 Å². The fourth-order valence-electron chi connectivity index (χ4n) is 3.72. The molecule has 2 aromatic carbocycles. The van der Waals surface area contributed by atoms with E-state index in [1.165, 1.54) is 50.5 Å². The van der Waals surface area contributed by atoms with Crippen molar-refractivity contribution in [2.45, 2.75) is 65.2 Å². The van der Waals surface area contributed by atoms with E-state index in [0.717, 1.165) is 17.5 Å². The zero-order valence-electron chi connectivity index (χ0n) is 19.2. The Hall–Kier alpha value is -3.08. The molecule has 0 saturated carbocycles. The van der Waals surface area contributed by atoms with Crippen LogP contribution in [0.5, 0.6) is 0 Å². The Morgan fingerprint density at radius 1 is 0.750 bits per heavy atom. The number of carbonyl (C=O) groups is 1. The molecule has 3 aromatic rings. The number of ether oxygens (including phenoxy) is 1. The average molecular weight is 432 g/mol. The van der Waals surface area contributed by atoms with E-state index < -0.39 is 5.97 Å². The van der Waals surface area contributed by atoms with Crippen LogP contribution < -0.4 is 0 Å². The predicted molar refractivity (Wildman–Crippen MR) is 128 cm³/mol. The molecular formula is C27H33N3O2. The van der Waals surface area contributed by atoms with Crippen molar-refractivity contribution in [1.29, 1.82) is 0 Å². The van der Waals surface area contributed by atoms with Gasteiger partial charge in [-0.1, -0.05) is 100 Å². The van der Waals surface area contributed by atoms with Crippen LogP contribution in [0.4, 0.5) is 0 Å². The number of aromatic nitrogens is 3. The van der Waals surface area contributed by atoms with Crippen LogP contribution in [-0.2, 0) is 11.2 Å². The summed E-state index contributed by atoms with van der Waals surface area (Å²) in [6.45, 7) is 4.28. The number of hydrogen-bond acceptors (Lipinski definition) is 5. The van der Waals surface area contributed by atoms with Gasteiger partial charge in [-0.25, -0.2) is 9.78 Å². The fourth-order valence-corrected chi connectivity index (χ4v) is 3.72. The number of esters is 1. The van der Waals surface area contributed by atoms with E-state index in [4.69, 9.17) is 4.74 Å². The fraction of sp³-hybridized carbons (Fsp3) is 0.407. The van der Waals surface area contributed by atoms with Gasteiger partial charge in [0, 0.05) is 11.1 Å². The Kier molecular flexibility index (Phi) is 9.36. The lowest BCUT2D eigenvalue weighted by molar-refractivity contribution is 0.0510. The number of aryl methyl sites for hydroxylation is 1. The topological polar surface area (TPSA) is 65.0 Å². The van der Waals surface area contributed by atoms with Crippen LogP contribution in [-0.4, -0.2) is 27.8 Å². The molecule has 0 saturated heterocycles. The van der Waals surface area contributed by atoms with Gasteiger partial charge in [-0.2, -0.15) is 0 Å². The third-order valence-electron chi connectivity index (χ3n) is 5.49. The van der Waals surface area contributed by atoms with Gasteiger partial charge in [-0.3, -0.25) is 0 Å². The van der Waals surface area contributed by atoms with E-state index >= 15 is 0 Å². The number of carbonyl (C=O) groups excluding carboxylic acids is 1. The maximum absolute atomic E-state index is 12.2. The van der Waals surface area contributed by atoms with E-state index in [1.54, 1.807) is 6.92 Å². The zero-order chi connectivity index (χ0) is 22.6. The highest BCUT2D eigenvalue weighted by Gasteiger charge is 2.18. The highest BCUT2D eigenvalue weighted by atomic mass is 16.5. The summed E-state index contributed by atoms with van der Waals surface area (Å²) >= 11 is 0. The molecule has 0 aliphatic carbocycles. The Morgan fingerprint density at radius 2 is 1.41 bits per heavy atom. The number of unbranched alkanes of at least 4 members (excludes halogenated alkanes) is 6. The van der Waals surface area contributed by atoms with Crippen LogP contribution in [0.1, 0.15) is 75.0 Å². The number of benzene rings is 2. The van der Waals surface area contributed by atoms with Crippen molar-refractivity contribution < 1.29 is 9.53 Å². The van der Waals surface area contributed by atoms with Crippen molar-refractivity contribution >= 4 is 5.97 Å². The summed E-state index contributed by atoms with van der Waals surface area (Å²) in [5.41, 5.74) is 4.42. The highest BCUT2D eigenvalue weighted by Crippen LogP contribution is 2.28. The van der Waals surface area contributed by atoms with Crippen LogP contribution in [0.25, 0.3) is 22.5 Å². The summed E-state index contributed by atoms with van der Waals surface area (Å²) in [5, 5.41) is 8.35. The lowest BCUT2D eigenvalue weighted by Crippen LogP contribution is -2.12. The SMILES string of the molecule is CCCCCCCCCc1ccc(-c2nc(C(=O)OCC)nnc2-c2ccccc2)cc1. The van der Waals surface area contributed by atoms with Crippen molar-refractivity contribution in [3.05, 3.63) is 66.0 Å². The normalized spacial score (nSPS) is 10.8. The Labute approximate surface area is 191 Å². The summed E-state index contributed by atoms with van der Waals surface area (Å²) in [5.74, 6) is -0.579. The van der Waals surface area contributed by atoms with Crippen LogP contribution in [0.2, 0.25) is 0 Å². The minimum Gasteiger partial charge on any atom is -0.460 e. The van der Waals surface area contributed by atoms with Crippen molar-refractivity contribution in [1.82, 2.24) is 15.2 Å². The average Bonchev–Trinajstić information content (AvgIpc) is 2.84. The predicted octanol–water partition coefficient (Wildman–Crippen LogP) is 6.68. The molecule has 0 fully saturated rings. The molecule has 5 nitrogen and oxygen atoms in total. The van der Waals surface area contributed by atoms with Gasteiger partial charge in [0.05, 0.1) is 6.61 Å². The second kappa shape index (κ2) is 12.7. The van der Waals surface area contributed by atoms with Gasteiger partial charge in [0.15, 0.2) is 0 Å². The van der Waals surface area contributed by atoms with Gasteiger partial charge >= 0.3 is 5.97 Å². The maximum atomic E-state index is 12.2. The molecule has 1 aromatic heterocycles. The Bertz CT molecular complexity index is 972. The van der Waals surface area contributed by atoms with E-state index in [9.17, 15) is 4.79 Å². The molecule has 0 amide bonds. The smallest absolute Gasteiger partial charge is 0.378 e. The minimum atomic E-state index is -0.559. The lowest BCUT2D eigenvalue weighted by Gasteiger charge is -2.10. The minimum absolute atomic E-state index is 0.0197. The first-order valence-electron chi connectivity index (χ1n) is 11.8. The summed E-state index contributed by atoms with van der Waals surface area (Å²) in [4.78, 5) is 16.7. The van der Waals surface area contributed by atoms with Crippen molar-refractivity contribution in [3.63, 3.8) is 0 Å². The molecule has 0 N–H and O–H groups in total. The second-order valence-corrected chi connectivity index (χ2v) is 7.99. The third kappa shape index (κ3) is 6.71. The van der Waals surface area contributed by atoms with Crippen LogP contribution >= 0.6 is 0 Å². The maximum Gasteiger partial charge on any atom is 0.378 e. The van der Waals surface area contributed by atoms with Gasteiger partial charge < -0.3 is 4.74 Å². The molecule has 0 bridgehead atoms. The number of rotatable bonds is 12. The molecule has 5 heteroatoms. The molecule has 32 heavy (non-hydrogen) atoms. The zero-order valence-corrected chi connectivity index (χ0v) is 19.2. The van der Waals surface area contributed by atoms with Crippen molar-refractivity contribution in [2.75, 3.05) is 6.61 Å². The van der Waals surface area contributed by atoms with Crippen LogP contribution in [0, 0.1) is 0 Å². The molecule has 168 valence electrons. The first kappa shape index (κ1) is 23.6. The van der Waals surface area contributed by atoms with E-state index in [-0.39, 0.29) is 12.4 Å². The summed E-state index contributed by atoms with van der Waals surface area (Å²) in [7, 11) is 0. The monoisotopic (exact) mass is 431 g/mol. The molecular weight excluding hydrogens is 398 g/mol. The summed E-state index contributed by atoms with van der Waals surface area (Å²) in [6, 6.07) is 18.2. The molecule has 0 radical (unpaired) electrons. The lowest BCUT2D eigenvalue weighted by atomic mass is 10.0. The van der Waals surface area contributed by atoms with Gasteiger partial charge in [-0.15, -0.1) is 10.2 Å². The van der Waals surface area contributed by atoms with Gasteiger partial charge in [-0.05, 0) is 25.3 Å². The Balaban J connectivity index is 1.75. The number of hydrogen-bond donors (Lipinski definition) is 0. The van der Waals surface area contributed by atoms with Crippen molar-refractivity contribution in [2.24, 2.45) is 0 Å². The van der Waals surface area contributed by atoms with Crippen LogP contribution in [0.15, 0.2) is 54.6 Å². The number of nitrogens with zero attached hydrogens (tertiary/aromatic N) is 3. The van der Waals surface area contributed by atoms with Gasteiger partial charge in [0.25, 0.3) is 5.82 Å². The van der Waals surface area contributed by atoms with Gasteiger partial charge in [0.2, 0.25) is 0 Å². The first-order valence-corrected chi connectivity index (χ1v) is 11.8. The standard InChI is InChI=1S/C27H33N3O2/c1-3-5-6-7-8-9-11-14-21-17-19-23(20-18-21)24-25(22-15-12-10-13-16-22)29-30-26(28-24)27(31)32-4-2/h10,12-13,15-20H,3-9,11,14H2,1-2H3. The summed E-state index contributed by atoms with van der Waals surface area (Å²) in [6.07, 6.45) is 10.2. The third-order valence-corrected chi connectivity index (χ3v) is 5.49. The first-order chi connectivity index (χ1) is 15.7. The van der Waals surface area contributed by atoms with Crippen LogP contribution in [0.3, 0.4) is 0 Å². The quantitative estimate of drug-likeness (QED) is 0.236. The molecule has 0 aliphatic rings.